The van der Waals surface area contributed by atoms with Crippen LogP contribution in [-0.2, 0) is 9.47 Å². The number of hydrogen-bond acceptors (Lipinski definition) is 2. The Morgan fingerprint density at radius 1 is 1.20 bits per heavy atom. The van der Waals surface area contributed by atoms with Gasteiger partial charge in [-0.2, -0.15) is 0 Å². The van der Waals surface area contributed by atoms with Crippen LogP contribution in [0.15, 0.2) is 11.6 Å². The number of ether oxygens (including phenoxy) is 2. The van der Waals surface area contributed by atoms with Gasteiger partial charge in [-0.25, -0.2) is 0 Å². The first-order chi connectivity index (χ1) is 7.06. The molecule has 0 bridgehead atoms. The van der Waals surface area contributed by atoms with Crippen LogP contribution >= 0.6 is 0 Å². The van der Waals surface area contributed by atoms with Crippen molar-refractivity contribution < 1.29 is 9.47 Å². The van der Waals surface area contributed by atoms with Crippen molar-refractivity contribution in [3.63, 3.8) is 0 Å². The first kappa shape index (κ1) is 14.7. The molecule has 0 aromatic heterocycles. The fraction of sp³-hybridized carbons (Fsp3) is 0.846. The van der Waals surface area contributed by atoms with E-state index in [0.29, 0.717) is 0 Å². The van der Waals surface area contributed by atoms with Gasteiger partial charge in [-0.3, -0.25) is 0 Å². The first-order valence-electron chi connectivity index (χ1n) is 5.84. The van der Waals surface area contributed by atoms with E-state index in [4.69, 9.17) is 9.47 Å². The molecule has 0 fully saturated rings. The molecule has 0 spiro atoms. The lowest BCUT2D eigenvalue weighted by Gasteiger charge is -2.14. The molecular formula is C13H26O2. The van der Waals surface area contributed by atoms with Crippen LogP contribution in [0.1, 0.15) is 47.0 Å². The van der Waals surface area contributed by atoms with Crippen LogP contribution in [0.25, 0.3) is 0 Å². The summed E-state index contributed by atoms with van der Waals surface area (Å²) in [6.45, 7) is 9.29. The summed E-state index contributed by atoms with van der Waals surface area (Å²) < 4.78 is 10.5. The molecule has 0 aliphatic rings. The second-order valence-corrected chi connectivity index (χ2v) is 4.43. The third kappa shape index (κ3) is 9.95. The minimum absolute atomic E-state index is 0.0741. The second kappa shape index (κ2) is 8.93. The van der Waals surface area contributed by atoms with Crippen LogP contribution in [0.3, 0.4) is 0 Å². The van der Waals surface area contributed by atoms with E-state index >= 15 is 0 Å². The van der Waals surface area contributed by atoms with Gasteiger partial charge in [-0.1, -0.05) is 18.6 Å². The average Bonchev–Trinajstić information content (AvgIpc) is 2.17. The molecule has 0 saturated heterocycles. The number of methoxy groups -OCH3 is 1. The SMILES string of the molecule is CO[C@@H](C)OCC[C@H](C)CCC=C(C)C. The van der Waals surface area contributed by atoms with Crippen molar-refractivity contribution in [2.75, 3.05) is 13.7 Å². The average molecular weight is 214 g/mol. The third-order valence-electron chi connectivity index (χ3n) is 2.51. The molecule has 0 aromatic carbocycles. The summed E-state index contributed by atoms with van der Waals surface area (Å²) in [6, 6.07) is 0. The highest BCUT2D eigenvalue weighted by Gasteiger charge is 2.03. The Morgan fingerprint density at radius 3 is 2.40 bits per heavy atom. The highest BCUT2D eigenvalue weighted by Crippen LogP contribution is 2.12. The minimum Gasteiger partial charge on any atom is -0.356 e. The van der Waals surface area contributed by atoms with Gasteiger partial charge < -0.3 is 9.47 Å². The van der Waals surface area contributed by atoms with E-state index in [1.807, 2.05) is 6.92 Å². The number of hydrogen-bond donors (Lipinski definition) is 0. The normalized spacial score (nSPS) is 14.7. The maximum atomic E-state index is 5.45. The molecule has 0 rings (SSSR count). The number of rotatable bonds is 8. The Labute approximate surface area is 94.7 Å². The van der Waals surface area contributed by atoms with Gasteiger partial charge >= 0.3 is 0 Å². The van der Waals surface area contributed by atoms with Crippen molar-refractivity contribution in [3.05, 3.63) is 11.6 Å². The number of allylic oxidation sites excluding steroid dienone is 2. The Morgan fingerprint density at radius 2 is 1.87 bits per heavy atom. The second-order valence-electron chi connectivity index (χ2n) is 4.43. The molecule has 0 aliphatic heterocycles. The Bertz CT molecular complexity index is 171. The zero-order chi connectivity index (χ0) is 11.7. The van der Waals surface area contributed by atoms with Crippen LogP contribution in [0.4, 0.5) is 0 Å². The van der Waals surface area contributed by atoms with Gasteiger partial charge in [0.25, 0.3) is 0 Å². The summed E-state index contributed by atoms with van der Waals surface area (Å²) in [6.07, 6.45) is 5.77. The highest BCUT2D eigenvalue weighted by atomic mass is 16.7. The predicted molar refractivity (Wildman–Crippen MR) is 64.9 cm³/mol. The van der Waals surface area contributed by atoms with Crippen molar-refractivity contribution in [2.45, 2.75) is 53.2 Å². The quantitative estimate of drug-likeness (QED) is 0.452. The summed E-state index contributed by atoms with van der Waals surface area (Å²) in [5.41, 5.74) is 1.41. The third-order valence-corrected chi connectivity index (χ3v) is 2.51. The molecule has 15 heavy (non-hydrogen) atoms. The van der Waals surface area contributed by atoms with Gasteiger partial charge in [0.1, 0.15) is 0 Å². The zero-order valence-corrected chi connectivity index (χ0v) is 10.9. The van der Waals surface area contributed by atoms with Gasteiger partial charge in [0.05, 0.1) is 0 Å². The summed E-state index contributed by atoms with van der Waals surface area (Å²) in [7, 11) is 1.67. The van der Waals surface area contributed by atoms with Crippen molar-refractivity contribution in [2.24, 2.45) is 5.92 Å². The topological polar surface area (TPSA) is 18.5 Å². The van der Waals surface area contributed by atoms with E-state index in [1.54, 1.807) is 7.11 Å². The molecular weight excluding hydrogens is 188 g/mol. The lowest BCUT2D eigenvalue weighted by atomic mass is 10.0. The van der Waals surface area contributed by atoms with E-state index < -0.39 is 0 Å². The fourth-order valence-corrected chi connectivity index (χ4v) is 1.30. The van der Waals surface area contributed by atoms with Crippen molar-refractivity contribution in [1.29, 1.82) is 0 Å². The summed E-state index contributed by atoms with van der Waals surface area (Å²) in [5, 5.41) is 0. The van der Waals surface area contributed by atoms with Gasteiger partial charge in [-0.15, -0.1) is 0 Å². The highest BCUT2D eigenvalue weighted by molar-refractivity contribution is 4.92. The van der Waals surface area contributed by atoms with Crippen LogP contribution in [0.2, 0.25) is 0 Å². The zero-order valence-electron chi connectivity index (χ0n) is 10.9. The van der Waals surface area contributed by atoms with Crippen molar-refractivity contribution in [1.82, 2.24) is 0 Å². The van der Waals surface area contributed by atoms with Gasteiger partial charge in [0.15, 0.2) is 6.29 Å². The predicted octanol–water partition coefficient (Wildman–Crippen LogP) is 3.77. The lowest BCUT2D eigenvalue weighted by Crippen LogP contribution is -2.12. The molecule has 2 heteroatoms. The van der Waals surface area contributed by atoms with Crippen molar-refractivity contribution >= 4 is 0 Å². The summed E-state index contributed by atoms with van der Waals surface area (Å²) >= 11 is 0. The Kier molecular flexibility index (Phi) is 8.73. The molecule has 0 aromatic rings. The molecule has 0 amide bonds. The van der Waals surface area contributed by atoms with Crippen LogP contribution < -0.4 is 0 Å². The van der Waals surface area contributed by atoms with E-state index in [9.17, 15) is 0 Å². The van der Waals surface area contributed by atoms with Crippen LogP contribution in [0, 0.1) is 5.92 Å². The molecule has 2 atom stereocenters. The Hall–Kier alpha value is -0.340. The van der Waals surface area contributed by atoms with Gasteiger partial charge in [0.2, 0.25) is 0 Å². The molecule has 90 valence electrons. The Balaban J connectivity index is 3.41. The lowest BCUT2D eigenvalue weighted by molar-refractivity contribution is -0.113. The van der Waals surface area contributed by atoms with Gasteiger partial charge in [0, 0.05) is 13.7 Å². The molecule has 0 unspecified atom stereocenters. The molecule has 0 saturated carbocycles. The fourth-order valence-electron chi connectivity index (χ4n) is 1.30. The monoisotopic (exact) mass is 214 g/mol. The van der Waals surface area contributed by atoms with E-state index in [0.717, 1.165) is 18.9 Å². The molecule has 0 N–H and O–H groups in total. The smallest absolute Gasteiger partial charge is 0.154 e. The standard InChI is InChI=1S/C13H26O2/c1-11(2)7-6-8-12(3)9-10-15-13(4)14-5/h7,12-13H,6,8-10H2,1-5H3/t12-,13-/m1/s1. The van der Waals surface area contributed by atoms with Crippen LogP contribution in [0.5, 0.6) is 0 Å². The van der Waals surface area contributed by atoms with E-state index in [-0.39, 0.29) is 6.29 Å². The summed E-state index contributed by atoms with van der Waals surface area (Å²) in [5.74, 6) is 0.727. The largest absolute Gasteiger partial charge is 0.356 e. The van der Waals surface area contributed by atoms with Gasteiger partial charge in [-0.05, 0) is 46.0 Å². The van der Waals surface area contributed by atoms with Crippen molar-refractivity contribution in [3.8, 4) is 0 Å². The minimum atomic E-state index is -0.0741. The van der Waals surface area contributed by atoms with E-state index in [2.05, 4.69) is 26.8 Å². The van der Waals surface area contributed by atoms with Crippen LogP contribution in [-0.4, -0.2) is 20.0 Å². The maximum Gasteiger partial charge on any atom is 0.154 e. The first-order valence-corrected chi connectivity index (χ1v) is 5.84. The maximum absolute atomic E-state index is 5.45. The molecule has 2 nitrogen and oxygen atoms in total. The summed E-state index contributed by atoms with van der Waals surface area (Å²) in [4.78, 5) is 0. The van der Waals surface area contributed by atoms with E-state index in [1.165, 1.54) is 18.4 Å². The molecule has 0 heterocycles. The molecule has 0 radical (unpaired) electrons. The molecule has 0 aliphatic carbocycles.